The van der Waals surface area contributed by atoms with E-state index in [9.17, 15) is 16.8 Å². The minimum atomic E-state index is -4.25. The van der Waals surface area contributed by atoms with E-state index in [4.69, 9.17) is 0 Å². The zero-order valence-electron chi connectivity index (χ0n) is 14.4. The van der Waals surface area contributed by atoms with E-state index in [0.29, 0.717) is 0 Å². The van der Waals surface area contributed by atoms with E-state index in [0.717, 1.165) is 9.78 Å². The van der Waals surface area contributed by atoms with E-state index in [1.54, 1.807) is 30.5 Å². The molecule has 28 heavy (non-hydrogen) atoms. The highest BCUT2D eigenvalue weighted by molar-refractivity contribution is 14.1. The van der Waals surface area contributed by atoms with Gasteiger partial charge in [0.05, 0.1) is 9.79 Å². The normalized spacial score (nSPS) is 12.5. The maximum Gasteiger partial charge on any atom is 0.206 e. The standard InChI is InChI=1S/C19H15IN2O4S2/c20-15-11-12-18(21-13-15)22-14-19(27(23,24)16-7-3-1-4-8-16)28(25,26)17-9-5-2-6-10-17/h1-14,19H. The summed E-state index contributed by atoms with van der Waals surface area (Å²) >= 11 is 2.07. The van der Waals surface area contributed by atoms with E-state index in [1.807, 2.05) is 0 Å². The average Bonchev–Trinajstić information content (AvgIpc) is 2.70. The molecular weight excluding hydrogens is 511 g/mol. The first-order valence-electron chi connectivity index (χ1n) is 8.05. The van der Waals surface area contributed by atoms with Gasteiger partial charge in [0.15, 0.2) is 5.82 Å². The molecule has 0 atom stereocenters. The molecule has 0 amide bonds. The smallest absolute Gasteiger partial charge is 0.206 e. The number of aromatic nitrogens is 1. The van der Waals surface area contributed by atoms with Crippen LogP contribution in [-0.2, 0) is 19.7 Å². The highest BCUT2D eigenvalue weighted by Gasteiger charge is 2.38. The fraction of sp³-hybridized carbons (Fsp3) is 0.0526. The highest BCUT2D eigenvalue weighted by Crippen LogP contribution is 2.25. The molecule has 0 fully saturated rings. The van der Waals surface area contributed by atoms with Gasteiger partial charge < -0.3 is 0 Å². The van der Waals surface area contributed by atoms with Crippen molar-refractivity contribution >= 4 is 54.3 Å². The lowest BCUT2D eigenvalue weighted by Crippen LogP contribution is -2.32. The van der Waals surface area contributed by atoms with Gasteiger partial charge in [-0.25, -0.2) is 26.8 Å². The van der Waals surface area contributed by atoms with Crippen LogP contribution >= 0.6 is 22.6 Å². The maximum absolute atomic E-state index is 13.1. The Hall–Kier alpha value is -2.11. The van der Waals surface area contributed by atoms with E-state index >= 15 is 0 Å². The van der Waals surface area contributed by atoms with E-state index in [2.05, 4.69) is 32.6 Å². The molecule has 0 radical (unpaired) electrons. The molecule has 1 aromatic heterocycles. The summed E-state index contributed by atoms with van der Waals surface area (Å²) in [6, 6.07) is 18.2. The van der Waals surface area contributed by atoms with Crippen LogP contribution in [-0.4, -0.2) is 32.6 Å². The number of hydrogen-bond acceptors (Lipinski definition) is 6. The van der Waals surface area contributed by atoms with Crippen LogP contribution in [0.25, 0.3) is 0 Å². The molecule has 2 aromatic carbocycles. The summed E-state index contributed by atoms with van der Waals surface area (Å²) in [5.41, 5.74) is 0. The zero-order valence-corrected chi connectivity index (χ0v) is 18.2. The van der Waals surface area contributed by atoms with Crippen molar-refractivity contribution in [2.45, 2.75) is 14.4 Å². The van der Waals surface area contributed by atoms with E-state index < -0.39 is 24.3 Å². The second-order valence-electron chi connectivity index (χ2n) is 5.70. The van der Waals surface area contributed by atoms with Crippen molar-refractivity contribution in [1.29, 1.82) is 0 Å². The zero-order chi connectivity index (χ0) is 20.2. The van der Waals surface area contributed by atoms with Gasteiger partial charge in [-0.2, -0.15) is 0 Å². The molecule has 3 rings (SSSR count). The van der Waals surface area contributed by atoms with Gasteiger partial charge in [-0.1, -0.05) is 36.4 Å². The average molecular weight is 526 g/mol. The Morgan fingerprint density at radius 1 is 0.786 bits per heavy atom. The summed E-state index contributed by atoms with van der Waals surface area (Å²) in [6.45, 7) is 0. The first-order valence-corrected chi connectivity index (χ1v) is 12.2. The lowest BCUT2D eigenvalue weighted by atomic mass is 10.4. The van der Waals surface area contributed by atoms with Crippen molar-refractivity contribution in [3.05, 3.63) is 82.6 Å². The van der Waals surface area contributed by atoms with Gasteiger partial charge in [-0.3, -0.25) is 0 Å². The van der Waals surface area contributed by atoms with E-state index in [1.165, 1.54) is 48.5 Å². The molecule has 6 nitrogen and oxygen atoms in total. The highest BCUT2D eigenvalue weighted by atomic mass is 127. The molecule has 0 aliphatic carbocycles. The SMILES string of the molecule is O=S(=O)(c1ccccc1)C(C=Nc1ccc(I)cn1)S(=O)(=O)c1ccccc1. The number of rotatable bonds is 6. The van der Waals surface area contributed by atoms with Gasteiger partial charge in [0, 0.05) is 16.0 Å². The molecule has 1 heterocycles. The monoisotopic (exact) mass is 526 g/mol. The molecule has 3 aromatic rings. The summed E-state index contributed by atoms with van der Waals surface area (Å²) < 4.78 is 51.5. The molecule has 0 aliphatic rings. The molecular formula is C19H15IN2O4S2. The summed E-state index contributed by atoms with van der Waals surface area (Å²) in [5, 5.41) is 0. The van der Waals surface area contributed by atoms with Crippen LogP contribution in [0.2, 0.25) is 0 Å². The van der Waals surface area contributed by atoms with Crippen molar-refractivity contribution in [3.63, 3.8) is 0 Å². The number of sulfone groups is 2. The van der Waals surface area contributed by atoms with Gasteiger partial charge in [-0.05, 0) is 59.0 Å². The third-order valence-corrected chi connectivity index (χ3v) is 9.28. The van der Waals surface area contributed by atoms with Crippen LogP contribution in [0.3, 0.4) is 0 Å². The summed E-state index contributed by atoms with van der Waals surface area (Å²) in [7, 11) is -8.50. The van der Waals surface area contributed by atoms with Gasteiger partial charge in [0.1, 0.15) is 0 Å². The van der Waals surface area contributed by atoms with Crippen LogP contribution in [0.5, 0.6) is 0 Å². The van der Waals surface area contributed by atoms with Crippen molar-refractivity contribution in [2.75, 3.05) is 0 Å². The summed E-state index contributed by atoms with van der Waals surface area (Å²) in [4.78, 5) is 7.91. The largest absolute Gasteiger partial charge is 0.239 e. The van der Waals surface area contributed by atoms with Gasteiger partial charge in [-0.15, -0.1) is 0 Å². The fourth-order valence-electron chi connectivity index (χ4n) is 2.40. The van der Waals surface area contributed by atoms with Gasteiger partial charge in [0.25, 0.3) is 0 Å². The van der Waals surface area contributed by atoms with Crippen molar-refractivity contribution in [2.24, 2.45) is 4.99 Å². The minimum Gasteiger partial charge on any atom is -0.239 e. The predicted octanol–water partition coefficient (Wildman–Crippen LogP) is 3.66. The van der Waals surface area contributed by atoms with Crippen molar-refractivity contribution in [3.8, 4) is 0 Å². The van der Waals surface area contributed by atoms with Gasteiger partial charge in [0.2, 0.25) is 24.3 Å². The second-order valence-corrected chi connectivity index (χ2v) is 11.4. The van der Waals surface area contributed by atoms with E-state index in [-0.39, 0.29) is 15.6 Å². The number of pyridine rings is 1. The minimum absolute atomic E-state index is 0.0958. The molecule has 9 heteroatoms. The number of nitrogens with zero attached hydrogens (tertiary/aromatic N) is 2. The van der Waals surface area contributed by atoms with Crippen LogP contribution in [0, 0.1) is 3.57 Å². The Bertz CT molecular complexity index is 1110. The Labute approximate surface area is 177 Å². The summed E-state index contributed by atoms with van der Waals surface area (Å²) in [5.74, 6) is 0.219. The Morgan fingerprint density at radius 2 is 1.29 bits per heavy atom. The van der Waals surface area contributed by atoms with Crippen molar-refractivity contribution < 1.29 is 16.8 Å². The molecule has 0 saturated heterocycles. The van der Waals surface area contributed by atoms with Crippen LogP contribution in [0.4, 0.5) is 5.82 Å². The summed E-state index contributed by atoms with van der Waals surface area (Å²) in [6.07, 6.45) is 2.49. The second kappa shape index (κ2) is 8.50. The van der Waals surface area contributed by atoms with Gasteiger partial charge >= 0.3 is 0 Å². The Kier molecular flexibility index (Phi) is 6.26. The number of benzene rings is 2. The molecule has 0 saturated carbocycles. The first-order chi connectivity index (χ1) is 13.3. The third kappa shape index (κ3) is 4.47. The number of halogens is 1. The predicted molar refractivity (Wildman–Crippen MR) is 116 cm³/mol. The Morgan fingerprint density at radius 3 is 1.71 bits per heavy atom. The lowest BCUT2D eigenvalue weighted by molar-refractivity contribution is 0.584. The maximum atomic E-state index is 13.1. The van der Waals surface area contributed by atoms with Crippen molar-refractivity contribution in [1.82, 2.24) is 4.98 Å². The molecule has 0 unspecified atom stereocenters. The topological polar surface area (TPSA) is 93.5 Å². The van der Waals surface area contributed by atoms with Crippen LogP contribution in [0.15, 0.2) is 93.8 Å². The van der Waals surface area contributed by atoms with Crippen LogP contribution in [0.1, 0.15) is 0 Å². The fourth-order valence-corrected chi connectivity index (χ4v) is 6.77. The first kappa shape index (κ1) is 20.6. The molecule has 0 aliphatic heterocycles. The number of hydrogen-bond donors (Lipinski definition) is 0. The Balaban J connectivity index is 2.13. The molecule has 0 N–H and O–H groups in total. The quantitative estimate of drug-likeness (QED) is 0.361. The van der Waals surface area contributed by atoms with Crippen LogP contribution < -0.4 is 0 Å². The number of aliphatic imine (C=N–C) groups is 1. The third-order valence-electron chi connectivity index (χ3n) is 3.80. The molecule has 0 bridgehead atoms. The lowest BCUT2D eigenvalue weighted by Gasteiger charge is -2.15. The molecule has 144 valence electrons. The molecule has 0 spiro atoms.